The summed E-state index contributed by atoms with van der Waals surface area (Å²) in [6.45, 7) is 6.70. The molecular weight excluding hydrogens is 280 g/mol. The minimum absolute atomic E-state index is 0.00250. The Bertz CT molecular complexity index is 479. The molecule has 20 heavy (non-hydrogen) atoms. The van der Waals surface area contributed by atoms with E-state index in [1.54, 1.807) is 4.90 Å². The average Bonchev–Trinajstić information content (AvgIpc) is 2.62. The molecule has 2 heterocycles. The summed E-state index contributed by atoms with van der Waals surface area (Å²) in [7, 11) is -3.58. The van der Waals surface area contributed by atoms with Gasteiger partial charge in [-0.2, -0.15) is 0 Å². The molecule has 0 spiro atoms. The Hall–Kier alpha value is -0.660. The Morgan fingerprint density at radius 2 is 1.90 bits per heavy atom. The molecule has 116 valence electrons. The summed E-state index contributed by atoms with van der Waals surface area (Å²) in [5, 5.41) is 4.58. The van der Waals surface area contributed by atoms with Crippen molar-refractivity contribution >= 4 is 15.9 Å². The zero-order valence-electron chi connectivity index (χ0n) is 12.3. The third-order valence-corrected chi connectivity index (χ3v) is 6.00. The van der Waals surface area contributed by atoms with Crippen molar-refractivity contribution < 1.29 is 17.9 Å². The number of hydrogen-bond donors (Lipinski definition) is 1. The molecule has 7 heteroatoms. The molecule has 0 aromatic carbocycles. The number of sulfonamides is 1. The molecule has 2 aliphatic rings. The molecule has 0 aliphatic carbocycles. The fourth-order valence-corrected chi connectivity index (χ4v) is 4.19. The maximum absolute atomic E-state index is 12.6. The van der Waals surface area contributed by atoms with Crippen molar-refractivity contribution in [2.75, 3.05) is 13.1 Å². The predicted octanol–water partition coefficient (Wildman–Crippen LogP) is 0.325. The minimum Gasteiger partial charge on any atom is -0.374 e. The molecule has 2 saturated heterocycles. The maximum atomic E-state index is 12.6. The fraction of sp³-hybridized carbons (Fsp3) is 0.923. The van der Waals surface area contributed by atoms with Gasteiger partial charge in [-0.05, 0) is 32.6 Å². The van der Waals surface area contributed by atoms with E-state index in [-0.39, 0.29) is 36.5 Å². The molecule has 2 aliphatic heterocycles. The highest BCUT2D eigenvalue weighted by atomic mass is 32.2. The summed E-state index contributed by atoms with van der Waals surface area (Å²) in [6, 6.07) is 0. The minimum atomic E-state index is -3.58. The number of nitrogens with zero attached hydrogens (tertiary/aromatic N) is 1. The Balaban J connectivity index is 2.09. The summed E-state index contributed by atoms with van der Waals surface area (Å²) in [6.07, 6.45) is 1.14. The largest absolute Gasteiger partial charge is 0.374 e. The Kier molecular flexibility index (Phi) is 4.41. The summed E-state index contributed by atoms with van der Waals surface area (Å²) in [5.41, 5.74) is 0. The van der Waals surface area contributed by atoms with E-state index in [1.807, 2.05) is 20.8 Å². The number of primary sulfonamides is 1. The lowest BCUT2D eigenvalue weighted by molar-refractivity contribution is -0.138. The van der Waals surface area contributed by atoms with Gasteiger partial charge in [-0.15, -0.1) is 0 Å². The van der Waals surface area contributed by atoms with Crippen molar-refractivity contribution in [1.29, 1.82) is 0 Å². The lowest BCUT2D eigenvalue weighted by Crippen LogP contribution is -2.50. The number of likely N-dealkylation sites (tertiary alicyclic amines) is 1. The lowest BCUT2D eigenvalue weighted by atomic mass is 9.88. The summed E-state index contributed by atoms with van der Waals surface area (Å²) >= 11 is 0. The zero-order valence-corrected chi connectivity index (χ0v) is 13.1. The molecule has 2 N–H and O–H groups in total. The van der Waals surface area contributed by atoms with Gasteiger partial charge in [-0.3, -0.25) is 4.79 Å². The molecule has 1 amide bonds. The van der Waals surface area contributed by atoms with Crippen molar-refractivity contribution in [2.24, 2.45) is 17.0 Å². The molecular formula is C13H24N2O4S. The molecule has 6 nitrogen and oxygen atoms in total. The number of amides is 1. The van der Waals surface area contributed by atoms with Crippen LogP contribution in [0.4, 0.5) is 0 Å². The maximum Gasteiger partial charge on any atom is 0.228 e. The first-order valence-corrected chi connectivity index (χ1v) is 8.78. The summed E-state index contributed by atoms with van der Waals surface area (Å²) < 4.78 is 28.6. The number of carbonyl (C=O) groups is 1. The highest BCUT2D eigenvalue weighted by Gasteiger charge is 2.44. The van der Waals surface area contributed by atoms with E-state index in [0.29, 0.717) is 19.4 Å². The molecule has 0 aromatic rings. The van der Waals surface area contributed by atoms with E-state index in [1.165, 1.54) is 0 Å². The van der Waals surface area contributed by atoms with Gasteiger partial charge in [0.15, 0.2) is 0 Å². The zero-order chi connectivity index (χ0) is 15.1. The van der Waals surface area contributed by atoms with Gasteiger partial charge in [0, 0.05) is 13.1 Å². The van der Waals surface area contributed by atoms with Crippen LogP contribution in [0.5, 0.6) is 0 Å². The number of carbonyl (C=O) groups excluding carboxylic acids is 1. The van der Waals surface area contributed by atoms with Crippen LogP contribution in [0, 0.1) is 11.8 Å². The van der Waals surface area contributed by atoms with Crippen LogP contribution in [0.25, 0.3) is 0 Å². The molecule has 5 unspecified atom stereocenters. The molecule has 0 saturated carbocycles. The average molecular weight is 304 g/mol. The molecule has 5 atom stereocenters. The molecule has 0 bridgehead atoms. The van der Waals surface area contributed by atoms with Crippen molar-refractivity contribution in [3.8, 4) is 0 Å². The van der Waals surface area contributed by atoms with Gasteiger partial charge in [-0.1, -0.05) is 6.92 Å². The highest BCUT2D eigenvalue weighted by Crippen LogP contribution is 2.34. The number of rotatable bonds is 2. The van der Waals surface area contributed by atoms with Gasteiger partial charge in [0.05, 0.1) is 23.4 Å². The van der Waals surface area contributed by atoms with Crippen LogP contribution in [-0.4, -0.2) is 49.8 Å². The normalized spacial score (nSPS) is 39.0. The fourth-order valence-electron chi connectivity index (χ4n) is 3.31. The van der Waals surface area contributed by atoms with E-state index in [0.717, 1.165) is 0 Å². The monoisotopic (exact) mass is 304 g/mol. The number of ether oxygens (including phenoxy) is 1. The summed E-state index contributed by atoms with van der Waals surface area (Å²) in [4.78, 5) is 14.3. The van der Waals surface area contributed by atoms with Crippen LogP contribution >= 0.6 is 0 Å². The smallest absolute Gasteiger partial charge is 0.228 e. The van der Waals surface area contributed by atoms with Crippen LogP contribution < -0.4 is 5.14 Å². The Morgan fingerprint density at radius 1 is 1.25 bits per heavy atom. The first kappa shape index (κ1) is 15.7. The second-order valence-electron chi connectivity index (χ2n) is 6.07. The van der Waals surface area contributed by atoms with Crippen molar-refractivity contribution in [2.45, 2.75) is 51.1 Å². The number of nitrogens with two attached hydrogens (primary N) is 1. The van der Waals surface area contributed by atoms with Gasteiger partial charge < -0.3 is 9.64 Å². The van der Waals surface area contributed by atoms with Gasteiger partial charge >= 0.3 is 0 Å². The Labute approximate surface area is 120 Å². The van der Waals surface area contributed by atoms with Gasteiger partial charge in [0.2, 0.25) is 15.9 Å². The third-order valence-electron chi connectivity index (χ3n) is 4.68. The number of piperidine rings is 1. The van der Waals surface area contributed by atoms with Crippen molar-refractivity contribution in [3.05, 3.63) is 0 Å². The van der Waals surface area contributed by atoms with Gasteiger partial charge in [0.25, 0.3) is 0 Å². The standard InChI is InChI=1S/C13H24N2O4S/c1-8-9(2)19-10(3)12(8)13(16)15-6-4-5-11(7-15)20(14,17)18/h8-12H,4-7H2,1-3H3,(H2,14,17,18). The molecule has 2 fully saturated rings. The van der Waals surface area contributed by atoms with Crippen molar-refractivity contribution in [1.82, 2.24) is 4.90 Å². The third kappa shape index (κ3) is 2.99. The number of hydrogen-bond acceptors (Lipinski definition) is 4. The van der Waals surface area contributed by atoms with E-state index in [9.17, 15) is 13.2 Å². The van der Waals surface area contributed by atoms with E-state index < -0.39 is 15.3 Å². The quantitative estimate of drug-likeness (QED) is 0.796. The van der Waals surface area contributed by atoms with Crippen LogP contribution in [0.3, 0.4) is 0 Å². The van der Waals surface area contributed by atoms with Crippen molar-refractivity contribution in [3.63, 3.8) is 0 Å². The Morgan fingerprint density at radius 3 is 2.40 bits per heavy atom. The van der Waals surface area contributed by atoms with Crippen LogP contribution in [0.1, 0.15) is 33.6 Å². The van der Waals surface area contributed by atoms with E-state index in [2.05, 4.69) is 0 Å². The first-order chi connectivity index (χ1) is 9.21. The molecule has 0 aromatic heterocycles. The molecule has 0 radical (unpaired) electrons. The van der Waals surface area contributed by atoms with E-state index in [4.69, 9.17) is 9.88 Å². The van der Waals surface area contributed by atoms with Gasteiger partial charge in [0.1, 0.15) is 0 Å². The molecule has 2 rings (SSSR count). The highest BCUT2D eigenvalue weighted by molar-refractivity contribution is 7.89. The van der Waals surface area contributed by atoms with Gasteiger partial charge in [-0.25, -0.2) is 13.6 Å². The van der Waals surface area contributed by atoms with Crippen LogP contribution in [0.15, 0.2) is 0 Å². The summed E-state index contributed by atoms with van der Waals surface area (Å²) in [5.74, 6) is -0.0423. The van der Waals surface area contributed by atoms with E-state index >= 15 is 0 Å². The first-order valence-electron chi connectivity index (χ1n) is 7.17. The second kappa shape index (κ2) is 5.61. The lowest BCUT2D eigenvalue weighted by Gasteiger charge is -2.34. The SMILES string of the molecule is CC1OC(C)C(C(=O)N2CCCC(S(N)(=O)=O)C2)C1C. The predicted molar refractivity (Wildman–Crippen MR) is 75.4 cm³/mol. The van der Waals surface area contributed by atoms with Crippen LogP contribution in [0.2, 0.25) is 0 Å². The second-order valence-corrected chi connectivity index (χ2v) is 7.91. The van der Waals surface area contributed by atoms with Crippen LogP contribution in [-0.2, 0) is 19.6 Å². The topological polar surface area (TPSA) is 89.7 Å².